The Morgan fingerprint density at radius 2 is 2.00 bits per heavy atom. The number of hydrogen-bond acceptors (Lipinski definition) is 2. The molecule has 0 amide bonds. The molecule has 0 aliphatic carbocycles. The highest BCUT2D eigenvalue weighted by Gasteiger charge is 2.20. The molecule has 0 bridgehead atoms. The van der Waals surface area contributed by atoms with Crippen LogP contribution >= 0.6 is 0 Å². The van der Waals surface area contributed by atoms with Crippen molar-refractivity contribution in [1.29, 1.82) is 0 Å². The van der Waals surface area contributed by atoms with E-state index in [0.29, 0.717) is 0 Å². The molecule has 0 saturated carbocycles. The zero-order chi connectivity index (χ0) is 14.2. The zero-order valence-corrected chi connectivity index (χ0v) is 13.2. The second-order valence-corrected chi connectivity index (χ2v) is 6.19. The highest BCUT2D eigenvalue weighted by atomic mass is 15.1. The van der Waals surface area contributed by atoms with E-state index in [1.807, 2.05) is 0 Å². The van der Waals surface area contributed by atoms with Gasteiger partial charge in [-0.25, -0.2) is 0 Å². The molecule has 1 heterocycles. The van der Waals surface area contributed by atoms with E-state index in [4.69, 9.17) is 0 Å². The molecular weight excluding hydrogens is 244 g/mol. The molecule has 1 N–H and O–H groups in total. The molecule has 0 aromatic heterocycles. The van der Waals surface area contributed by atoms with Crippen molar-refractivity contribution in [3.8, 4) is 0 Å². The van der Waals surface area contributed by atoms with Gasteiger partial charge in [0.25, 0.3) is 0 Å². The topological polar surface area (TPSA) is 15.3 Å². The van der Waals surface area contributed by atoms with Gasteiger partial charge in [0, 0.05) is 18.8 Å². The highest BCUT2D eigenvalue weighted by molar-refractivity contribution is 5.55. The molecule has 1 aliphatic heterocycles. The first-order chi connectivity index (χ1) is 9.81. The summed E-state index contributed by atoms with van der Waals surface area (Å²) in [6.07, 6.45) is 6.44. The summed E-state index contributed by atoms with van der Waals surface area (Å²) in [5.41, 5.74) is 3.02. The summed E-state index contributed by atoms with van der Waals surface area (Å²) >= 11 is 0. The Morgan fingerprint density at radius 3 is 2.85 bits per heavy atom. The van der Waals surface area contributed by atoms with Crippen LogP contribution in [0.5, 0.6) is 0 Å². The van der Waals surface area contributed by atoms with Gasteiger partial charge in [0.2, 0.25) is 0 Å². The lowest BCUT2D eigenvalue weighted by Crippen LogP contribution is -2.35. The van der Waals surface area contributed by atoms with Gasteiger partial charge in [-0.1, -0.05) is 38.5 Å². The zero-order valence-electron chi connectivity index (χ0n) is 13.2. The number of rotatable bonds is 8. The lowest BCUT2D eigenvalue weighted by atomic mass is 9.94. The molecule has 0 spiro atoms. The second-order valence-electron chi connectivity index (χ2n) is 6.19. The van der Waals surface area contributed by atoms with E-state index < -0.39 is 0 Å². The van der Waals surface area contributed by atoms with E-state index in [1.165, 1.54) is 63.0 Å². The molecule has 0 radical (unpaired) electrons. The summed E-state index contributed by atoms with van der Waals surface area (Å²) in [5, 5.41) is 3.48. The van der Waals surface area contributed by atoms with Crippen LogP contribution in [-0.4, -0.2) is 26.2 Å². The molecule has 20 heavy (non-hydrogen) atoms. The molecule has 1 atom stereocenters. The third-order valence-electron chi connectivity index (χ3n) is 4.14. The van der Waals surface area contributed by atoms with Gasteiger partial charge in [0.1, 0.15) is 0 Å². The SMILES string of the molecule is CCCNCCCCCN1CC(C)Cc2ccccc21. The normalized spacial score (nSPS) is 18.1. The van der Waals surface area contributed by atoms with E-state index in [9.17, 15) is 0 Å². The van der Waals surface area contributed by atoms with E-state index in [-0.39, 0.29) is 0 Å². The molecular formula is C18H30N2. The molecule has 1 aromatic rings. The predicted octanol–water partition coefficient (Wildman–Crippen LogP) is 3.86. The largest absolute Gasteiger partial charge is 0.371 e. The van der Waals surface area contributed by atoms with Gasteiger partial charge in [0.05, 0.1) is 0 Å². The van der Waals surface area contributed by atoms with Crippen LogP contribution in [0.4, 0.5) is 5.69 Å². The molecule has 112 valence electrons. The molecule has 0 saturated heterocycles. The third-order valence-corrected chi connectivity index (χ3v) is 4.14. The number of anilines is 1. The van der Waals surface area contributed by atoms with Crippen molar-refractivity contribution < 1.29 is 0 Å². The Balaban J connectivity index is 1.73. The van der Waals surface area contributed by atoms with Crippen LogP contribution < -0.4 is 10.2 Å². The van der Waals surface area contributed by atoms with E-state index >= 15 is 0 Å². The molecule has 0 fully saturated rings. The van der Waals surface area contributed by atoms with Crippen molar-refractivity contribution in [2.24, 2.45) is 5.92 Å². The maximum Gasteiger partial charge on any atom is 0.0398 e. The number of benzene rings is 1. The minimum Gasteiger partial charge on any atom is -0.371 e. The van der Waals surface area contributed by atoms with Gasteiger partial charge < -0.3 is 10.2 Å². The Hall–Kier alpha value is -1.02. The number of para-hydroxylation sites is 1. The number of fused-ring (bicyclic) bond motifs is 1. The summed E-state index contributed by atoms with van der Waals surface area (Å²) in [7, 11) is 0. The first kappa shape index (κ1) is 15.4. The molecule has 2 nitrogen and oxygen atoms in total. The van der Waals surface area contributed by atoms with Gasteiger partial charge in [-0.05, 0) is 56.3 Å². The van der Waals surface area contributed by atoms with Crippen LogP contribution in [0.2, 0.25) is 0 Å². The molecule has 1 unspecified atom stereocenters. The monoisotopic (exact) mass is 274 g/mol. The Labute approximate surface area is 124 Å². The summed E-state index contributed by atoms with van der Waals surface area (Å²) in [5.74, 6) is 0.788. The fraction of sp³-hybridized carbons (Fsp3) is 0.667. The Morgan fingerprint density at radius 1 is 1.15 bits per heavy atom. The van der Waals surface area contributed by atoms with Gasteiger partial charge in [-0.3, -0.25) is 0 Å². The van der Waals surface area contributed by atoms with Crippen LogP contribution in [-0.2, 0) is 6.42 Å². The van der Waals surface area contributed by atoms with Crippen LogP contribution in [0.25, 0.3) is 0 Å². The minimum absolute atomic E-state index is 0.788. The average Bonchev–Trinajstić information content (AvgIpc) is 2.46. The van der Waals surface area contributed by atoms with Crippen LogP contribution in [0.1, 0.15) is 45.1 Å². The van der Waals surface area contributed by atoms with Gasteiger partial charge in [0.15, 0.2) is 0 Å². The van der Waals surface area contributed by atoms with Crippen molar-refractivity contribution >= 4 is 5.69 Å². The van der Waals surface area contributed by atoms with Crippen LogP contribution in [0.3, 0.4) is 0 Å². The van der Waals surface area contributed by atoms with Crippen molar-refractivity contribution in [1.82, 2.24) is 5.32 Å². The lowest BCUT2D eigenvalue weighted by Gasteiger charge is -2.35. The van der Waals surface area contributed by atoms with Gasteiger partial charge >= 0.3 is 0 Å². The van der Waals surface area contributed by atoms with E-state index in [0.717, 1.165) is 12.5 Å². The summed E-state index contributed by atoms with van der Waals surface area (Å²) in [6.45, 7) is 9.39. The maximum atomic E-state index is 3.48. The number of unbranched alkanes of at least 4 members (excludes halogenated alkanes) is 2. The van der Waals surface area contributed by atoms with Crippen molar-refractivity contribution in [3.05, 3.63) is 29.8 Å². The van der Waals surface area contributed by atoms with Gasteiger partial charge in [-0.15, -0.1) is 0 Å². The molecule has 2 heteroatoms. The van der Waals surface area contributed by atoms with Gasteiger partial charge in [-0.2, -0.15) is 0 Å². The quantitative estimate of drug-likeness (QED) is 0.724. The second kappa shape index (κ2) is 8.31. The fourth-order valence-corrected chi connectivity index (χ4v) is 3.15. The summed E-state index contributed by atoms with van der Waals surface area (Å²) in [4.78, 5) is 2.60. The predicted molar refractivity (Wildman–Crippen MR) is 88.5 cm³/mol. The minimum atomic E-state index is 0.788. The fourth-order valence-electron chi connectivity index (χ4n) is 3.15. The standard InChI is InChI=1S/C18H30N2/c1-3-11-19-12-7-4-8-13-20-15-16(2)14-17-9-5-6-10-18(17)20/h5-6,9-10,16,19H,3-4,7-8,11-15H2,1-2H3. The van der Waals surface area contributed by atoms with E-state index in [2.05, 4.69) is 48.3 Å². The van der Waals surface area contributed by atoms with Crippen molar-refractivity contribution in [2.45, 2.75) is 46.0 Å². The maximum absolute atomic E-state index is 3.48. The smallest absolute Gasteiger partial charge is 0.0398 e. The third kappa shape index (κ3) is 4.52. The number of nitrogens with one attached hydrogen (secondary N) is 1. The first-order valence-electron chi connectivity index (χ1n) is 8.35. The number of nitrogens with zero attached hydrogens (tertiary/aromatic N) is 1. The molecule has 2 rings (SSSR count). The van der Waals surface area contributed by atoms with Crippen molar-refractivity contribution in [2.75, 3.05) is 31.1 Å². The van der Waals surface area contributed by atoms with E-state index in [1.54, 1.807) is 0 Å². The summed E-state index contributed by atoms with van der Waals surface area (Å²) < 4.78 is 0. The first-order valence-corrected chi connectivity index (χ1v) is 8.35. The van der Waals surface area contributed by atoms with Crippen LogP contribution in [0.15, 0.2) is 24.3 Å². The average molecular weight is 274 g/mol. The number of hydrogen-bond donors (Lipinski definition) is 1. The molecule has 1 aliphatic rings. The lowest BCUT2D eigenvalue weighted by molar-refractivity contribution is 0.516. The Kier molecular flexibility index (Phi) is 6.38. The highest BCUT2D eigenvalue weighted by Crippen LogP contribution is 2.29. The van der Waals surface area contributed by atoms with Crippen molar-refractivity contribution in [3.63, 3.8) is 0 Å². The summed E-state index contributed by atoms with van der Waals surface area (Å²) in [6, 6.07) is 8.95. The Bertz CT molecular complexity index is 389. The molecule has 1 aromatic carbocycles. The van der Waals surface area contributed by atoms with Crippen LogP contribution in [0, 0.1) is 5.92 Å².